The van der Waals surface area contributed by atoms with Crippen LogP contribution in [-0.2, 0) is 6.54 Å². The lowest BCUT2D eigenvalue weighted by atomic mass is 10.2. The summed E-state index contributed by atoms with van der Waals surface area (Å²) in [6.45, 7) is 8.16. The van der Waals surface area contributed by atoms with Crippen LogP contribution in [0.5, 0.6) is 0 Å². The Kier molecular flexibility index (Phi) is 5.58. The van der Waals surface area contributed by atoms with Gasteiger partial charge in [-0.1, -0.05) is 17.7 Å². The fraction of sp³-hybridized carbons (Fsp3) is 0.300. The van der Waals surface area contributed by atoms with E-state index in [1.54, 1.807) is 17.7 Å². The molecule has 3 aromatic rings. The Morgan fingerprint density at radius 2 is 1.75 bits per heavy atom. The SMILES string of the molecule is Cc1ccc(-n2nc(C)cc2NC(=O)NCCn2c(C)cc(C)nc2=O)cc1. The highest BCUT2D eigenvalue weighted by atomic mass is 16.2. The highest BCUT2D eigenvalue weighted by molar-refractivity contribution is 5.88. The molecule has 146 valence electrons. The van der Waals surface area contributed by atoms with Crippen LogP contribution in [0.4, 0.5) is 10.6 Å². The number of carbonyl (C=O) groups is 1. The quantitative estimate of drug-likeness (QED) is 0.711. The van der Waals surface area contributed by atoms with E-state index in [1.165, 1.54) is 4.57 Å². The Balaban J connectivity index is 1.65. The van der Waals surface area contributed by atoms with Crippen LogP contribution in [0.1, 0.15) is 22.6 Å². The minimum Gasteiger partial charge on any atom is -0.336 e. The molecular formula is C20H24N6O2. The van der Waals surface area contributed by atoms with Crippen molar-refractivity contribution in [1.82, 2.24) is 24.6 Å². The molecule has 0 aliphatic carbocycles. The van der Waals surface area contributed by atoms with Gasteiger partial charge in [0.05, 0.1) is 11.4 Å². The molecule has 3 rings (SSSR count). The van der Waals surface area contributed by atoms with Gasteiger partial charge in [0.2, 0.25) is 0 Å². The van der Waals surface area contributed by atoms with E-state index >= 15 is 0 Å². The van der Waals surface area contributed by atoms with Crippen molar-refractivity contribution in [3.8, 4) is 5.69 Å². The molecule has 0 fully saturated rings. The highest BCUT2D eigenvalue weighted by Crippen LogP contribution is 2.17. The van der Waals surface area contributed by atoms with Gasteiger partial charge in [-0.3, -0.25) is 9.88 Å². The molecule has 1 aromatic carbocycles. The second kappa shape index (κ2) is 8.08. The average molecular weight is 380 g/mol. The summed E-state index contributed by atoms with van der Waals surface area (Å²) in [6.07, 6.45) is 0. The number of nitrogens with zero attached hydrogens (tertiary/aromatic N) is 4. The second-order valence-electron chi connectivity index (χ2n) is 6.77. The van der Waals surface area contributed by atoms with Crippen LogP contribution in [-0.4, -0.2) is 31.9 Å². The standard InChI is InChI=1S/C20H24N6O2/c1-13-5-7-17(8-6-13)26-18(12-15(3)24-26)23-19(27)21-9-10-25-16(4)11-14(2)22-20(25)28/h5-8,11-12H,9-10H2,1-4H3,(H2,21,23,27). The third-order valence-corrected chi connectivity index (χ3v) is 4.32. The van der Waals surface area contributed by atoms with Crippen LogP contribution in [0.2, 0.25) is 0 Å². The van der Waals surface area contributed by atoms with Gasteiger partial charge in [-0.25, -0.2) is 14.3 Å². The Hall–Kier alpha value is -3.42. The number of nitrogens with one attached hydrogen (secondary N) is 2. The van der Waals surface area contributed by atoms with E-state index in [9.17, 15) is 9.59 Å². The molecule has 28 heavy (non-hydrogen) atoms. The van der Waals surface area contributed by atoms with Gasteiger partial charge in [0, 0.05) is 30.5 Å². The molecule has 0 atom stereocenters. The first-order valence-electron chi connectivity index (χ1n) is 9.07. The Labute approximate surface area is 163 Å². The zero-order valence-electron chi connectivity index (χ0n) is 16.5. The van der Waals surface area contributed by atoms with Crippen molar-refractivity contribution in [3.63, 3.8) is 0 Å². The van der Waals surface area contributed by atoms with Crippen molar-refractivity contribution < 1.29 is 4.79 Å². The summed E-state index contributed by atoms with van der Waals surface area (Å²) in [7, 11) is 0. The van der Waals surface area contributed by atoms with Crippen LogP contribution in [0.25, 0.3) is 5.69 Å². The topological polar surface area (TPSA) is 93.8 Å². The first kappa shape index (κ1) is 19.3. The summed E-state index contributed by atoms with van der Waals surface area (Å²) in [5, 5.41) is 10.0. The van der Waals surface area contributed by atoms with Crippen LogP contribution in [0, 0.1) is 27.7 Å². The molecule has 0 saturated heterocycles. The number of amides is 2. The molecule has 0 saturated carbocycles. The first-order chi connectivity index (χ1) is 13.3. The third kappa shape index (κ3) is 4.46. The summed E-state index contributed by atoms with van der Waals surface area (Å²) in [5.41, 5.74) is 3.99. The summed E-state index contributed by atoms with van der Waals surface area (Å²) < 4.78 is 3.22. The molecule has 2 N–H and O–H groups in total. The van der Waals surface area contributed by atoms with Crippen molar-refractivity contribution >= 4 is 11.8 Å². The molecular weight excluding hydrogens is 356 g/mol. The van der Waals surface area contributed by atoms with E-state index in [0.29, 0.717) is 24.6 Å². The summed E-state index contributed by atoms with van der Waals surface area (Å²) in [5.74, 6) is 0.573. The predicted molar refractivity (Wildman–Crippen MR) is 108 cm³/mol. The number of anilines is 1. The first-order valence-corrected chi connectivity index (χ1v) is 9.07. The smallest absolute Gasteiger partial charge is 0.336 e. The van der Waals surface area contributed by atoms with E-state index in [0.717, 1.165) is 22.6 Å². The van der Waals surface area contributed by atoms with Gasteiger partial charge in [-0.05, 0) is 45.9 Å². The number of aromatic nitrogens is 4. The fourth-order valence-corrected chi connectivity index (χ4v) is 2.96. The third-order valence-electron chi connectivity index (χ3n) is 4.32. The number of urea groups is 1. The van der Waals surface area contributed by atoms with Gasteiger partial charge in [-0.2, -0.15) is 10.1 Å². The van der Waals surface area contributed by atoms with Gasteiger partial charge < -0.3 is 5.32 Å². The number of benzene rings is 1. The Morgan fingerprint density at radius 3 is 2.43 bits per heavy atom. The molecule has 2 heterocycles. The van der Waals surface area contributed by atoms with Gasteiger partial charge >= 0.3 is 11.7 Å². The molecule has 2 amide bonds. The molecule has 0 unspecified atom stereocenters. The fourth-order valence-electron chi connectivity index (χ4n) is 2.96. The molecule has 2 aromatic heterocycles. The lowest BCUT2D eigenvalue weighted by Gasteiger charge is -2.12. The number of carbonyl (C=O) groups excluding carboxylic acids is 1. The number of rotatable bonds is 5. The molecule has 0 spiro atoms. The van der Waals surface area contributed by atoms with Crippen LogP contribution < -0.4 is 16.3 Å². The van der Waals surface area contributed by atoms with Gasteiger partial charge in [-0.15, -0.1) is 0 Å². The molecule has 0 bridgehead atoms. The van der Waals surface area contributed by atoms with Crippen molar-refractivity contribution in [2.24, 2.45) is 0 Å². The zero-order valence-corrected chi connectivity index (χ0v) is 16.5. The normalized spacial score (nSPS) is 10.7. The van der Waals surface area contributed by atoms with Crippen LogP contribution in [0.3, 0.4) is 0 Å². The molecule has 8 nitrogen and oxygen atoms in total. The van der Waals surface area contributed by atoms with Crippen molar-refractivity contribution in [3.05, 3.63) is 69.5 Å². The minimum absolute atomic E-state index is 0.301. The maximum Gasteiger partial charge on any atom is 0.348 e. The van der Waals surface area contributed by atoms with Gasteiger partial charge in [0.25, 0.3) is 0 Å². The van der Waals surface area contributed by atoms with Gasteiger partial charge in [0.1, 0.15) is 5.82 Å². The minimum atomic E-state index is -0.362. The van der Waals surface area contributed by atoms with E-state index < -0.39 is 0 Å². The average Bonchev–Trinajstić information content (AvgIpc) is 2.98. The molecule has 0 aliphatic rings. The molecule has 0 aliphatic heterocycles. The lowest BCUT2D eigenvalue weighted by molar-refractivity contribution is 0.251. The van der Waals surface area contributed by atoms with Crippen molar-refractivity contribution in [1.29, 1.82) is 0 Å². The van der Waals surface area contributed by atoms with Crippen LogP contribution in [0.15, 0.2) is 41.2 Å². The maximum absolute atomic E-state index is 12.3. The van der Waals surface area contributed by atoms with E-state index in [1.807, 2.05) is 51.1 Å². The summed E-state index contributed by atoms with van der Waals surface area (Å²) in [6, 6.07) is 11.2. The maximum atomic E-state index is 12.3. The van der Waals surface area contributed by atoms with Gasteiger partial charge in [0.15, 0.2) is 0 Å². The zero-order chi connectivity index (χ0) is 20.3. The van der Waals surface area contributed by atoms with Crippen LogP contribution >= 0.6 is 0 Å². The summed E-state index contributed by atoms with van der Waals surface area (Å²) in [4.78, 5) is 28.2. The van der Waals surface area contributed by atoms with E-state index in [4.69, 9.17) is 0 Å². The van der Waals surface area contributed by atoms with E-state index in [2.05, 4.69) is 20.7 Å². The second-order valence-corrected chi connectivity index (χ2v) is 6.77. The van der Waals surface area contributed by atoms with Crippen molar-refractivity contribution in [2.75, 3.05) is 11.9 Å². The van der Waals surface area contributed by atoms with Crippen molar-refractivity contribution in [2.45, 2.75) is 34.2 Å². The lowest BCUT2D eigenvalue weighted by Crippen LogP contribution is -2.35. The predicted octanol–water partition coefficient (Wildman–Crippen LogP) is 2.48. The number of hydrogen-bond acceptors (Lipinski definition) is 4. The Morgan fingerprint density at radius 1 is 1.04 bits per heavy atom. The summed E-state index contributed by atoms with van der Waals surface area (Å²) >= 11 is 0. The number of hydrogen-bond donors (Lipinski definition) is 2. The monoisotopic (exact) mass is 380 g/mol. The number of aryl methyl sites for hydroxylation is 4. The van der Waals surface area contributed by atoms with E-state index in [-0.39, 0.29) is 11.7 Å². The largest absolute Gasteiger partial charge is 0.348 e. The highest BCUT2D eigenvalue weighted by Gasteiger charge is 2.11. The molecule has 0 radical (unpaired) electrons. The molecule has 8 heteroatoms. The Bertz CT molecular complexity index is 1050.